The second-order valence-electron chi connectivity index (χ2n) is 8.93. The van der Waals surface area contributed by atoms with Crippen molar-refractivity contribution in [3.63, 3.8) is 0 Å². The van der Waals surface area contributed by atoms with Crippen LogP contribution < -0.4 is 10.6 Å². The number of allylic oxidation sites excluding steroid dienone is 1. The summed E-state index contributed by atoms with van der Waals surface area (Å²) in [5.41, 5.74) is 5.94. The summed E-state index contributed by atoms with van der Waals surface area (Å²) in [6.07, 6.45) is 3.18. The highest BCUT2D eigenvalue weighted by atomic mass is 35.5. The van der Waals surface area contributed by atoms with Crippen LogP contribution in [0.3, 0.4) is 0 Å². The Hall–Kier alpha value is -3.39. The normalized spacial score (nSPS) is 12.7. The summed E-state index contributed by atoms with van der Waals surface area (Å²) in [5, 5.41) is 23.7. The fourth-order valence-corrected chi connectivity index (χ4v) is 4.32. The van der Waals surface area contributed by atoms with Gasteiger partial charge >= 0.3 is 7.12 Å². The van der Waals surface area contributed by atoms with Crippen LogP contribution in [-0.2, 0) is 16.0 Å². The van der Waals surface area contributed by atoms with E-state index in [4.69, 9.17) is 21.6 Å². The highest BCUT2D eigenvalue weighted by Crippen LogP contribution is 2.29. The summed E-state index contributed by atoms with van der Waals surface area (Å²) >= 11 is 6.30. The molecule has 1 atom stereocenters. The molecule has 0 saturated carbocycles. The fourth-order valence-electron chi connectivity index (χ4n) is 4.06. The molecule has 0 aliphatic heterocycles. The summed E-state index contributed by atoms with van der Waals surface area (Å²) in [6, 6.07) is 22.5. The van der Waals surface area contributed by atoms with Gasteiger partial charge in [0.15, 0.2) is 0 Å². The van der Waals surface area contributed by atoms with Crippen molar-refractivity contribution in [1.82, 2.24) is 10.6 Å². The first kappa shape index (κ1) is 28.2. The van der Waals surface area contributed by atoms with Crippen LogP contribution in [0.1, 0.15) is 46.7 Å². The fraction of sp³-hybridized carbons (Fsp3) is 0.241. The van der Waals surface area contributed by atoms with E-state index in [0.29, 0.717) is 16.2 Å². The average molecular weight is 519 g/mol. The Kier molecular flexibility index (Phi) is 10.5. The van der Waals surface area contributed by atoms with Crippen molar-refractivity contribution >= 4 is 36.1 Å². The van der Waals surface area contributed by atoms with Crippen molar-refractivity contribution in [2.24, 2.45) is 0 Å². The van der Waals surface area contributed by atoms with E-state index in [9.17, 15) is 9.59 Å². The standard InChI is InChI=1S/C21H22BClN2O4.C8H10/c23-18-11-4-3-9-17(18)19(12-20(26)24-13-22(28)29)25-21(27)16-10-5-7-14-6-1-2-8-15(14)16;1-7-5-3-4-6-8(7)2/h1-4,6,8-11,19,28-29H,5,7,12-13H2,(H,24,26)(H,25,27);3-6H,1-2H3. The van der Waals surface area contributed by atoms with Gasteiger partial charge in [-0.05, 0) is 60.6 Å². The van der Waals surface area contributed by atoms with Crippen molar-refractivity contribution in [2.75, 3.05) is 6.44 Å². The van der Waals surface area contributed by atoms with Crippen LogP contribution in [0.25, 0.3) is 5.57 Å². The number of amides is 2. The van der Waals surface area contributed by atoms with E-state index < -0.39 is 19.1 Å². The zero-order chi connectivity index (χ0) is 26.8. The monoisotopic (exact) mass is 518 g/mol. The maximum atomic E-state index is 13.1. The van der Waals surface area contributed by atoms with Crippen molar-refractivity contribution in [2.45, 2.75) is 39.2 Å². The third-order valence-corrected chi connectivity index (χ3v) is 6.54. The second kappa shape index (κ2) is 13.8. The zero-order valence-corrected chi connectivity index (χ0v) is 21.8. The smallest absolute Gasteiger partial charge is 0.426 e. The van der Waals surface area contributed by atoms with Gasteiger partial charge in [-0.1, -0.05) is 84.4 Å². The first-order valence-electron chi connectivity index (χ1n) is 12.2. The predicted molar refractivity (Wildman–Crippen MR) is 149 cm³/mol. The van der Waals surface area contributed by atoms with Gasteiger partial charge in [-0.3, -0.25) is 9.59 Å². The number of halogens is 1. The van der Waals surface area contributed by atoms with Gasteiger partial charge in [0.2, 0.25) is 5.91 Å². The van der Waals surface area contributed by atoms with Gasteiger partial charge in [-0.15, -0.1) is 0 Å². The Morgan fingerprint density at radius 1 is 0.946 bits per heavy atom. The minimum absolute atomic E-state index is 0.0862. The minimum Gasteiger partial charge on any atom is -0.426 e. The van der Waals surface area contributed by atoms with E-state index in [0.717, 1.165) is 24.0 Å². The highest BCUT2D eigenvalue weighted by Gasteiger charge is 2.25. The number of carbonyl (C=O) groups excluding carboxylic acids is 2. The van der Waals surface area contributed by atoms with Gasteiger partial charge in [0.05, 0.1) is 18.9 Å². The van der Waals surface area contributed by atoms with E-state index in [1.54, 1.807) is 24.3 Å². The number of fused-ring (bicyclic) bond motifs is 1. The zero-order valence-electron chi connectivity index (χ0n) is 21.1. The van der Waals surface area contributed by atoms with E-state index in [2.05, 4.69) is 48.7 Å². The quantitative estimate of drug-likeness (QED) is 0.350. The predicted octanol–water partition coefficient (Wildman–Crippen LogP) is 4.35. The maximum Gasteiger partial charge on any atom is 0.472 e. The lowest BCUT2D eigenvalue weighted by atomic mass is 9.90. The SMILES string of the molecule is Cc1ccccc1C.O=C(CC(NC(=O)C1=CCCc2ccccc21)c1ccccc1Cl)NCB(O)O. The Morgan fingerprint density at radius 3 is 2.22 bits per heavy atom. The molecule has 0 spiro atoms. The third kappa shape index (κ3) is 8.32. The Balaban J connectivity index is 0.000000405. The largest absolute Gasteiger partial charge is 0.472 e. The number of hydrogen-bond donors (Lipinski definition) is 4. The molecule has 0 fully saturated rings. The van der Waals surface area contributed by atoms with E-state index in [1.165, 1.54) is 11.1 Å². The maximum absolute atomic E-state index is 13.1. The molecule has 8 heteroatoms. The molecule has 4 N–H and O–H groups in total. The Labute approximate surface area is 223 Å². The number of benzene rings is 3. The molecule has 1 aliphatic rings. The molecule has 37 heavy (non-hydrogen) atoms. The average Bonchev–Trinajstić information content (AvgIpc) is 2.89. The second-order valence-corrected chi connectivity index (χ2v) is 9.34. The lowest BCUT2D eigenvalue weighted by Crippen LogP contribution is -2.38. The Bertz CT molecular complexity index is 1240. The van der Waals surface area contributed by atoms with Crippen LogP contribution in [-0.4, -0.2) is 35.4 Å². The summed E-state index contributed by atoms with van der Waals surface area (Å²) < 4.78 is 0. The topological polar surface area (TPSA) is 98.7 Å². The van der Waals surface area contributed by atoms with E-state index in [-0.39, 0.29) is 18.8 Å². The van der Waals surface area contributed by atoms with Crippen LogP contribution in [0.2, 0.25) is 5.02 Å². The van der Waals surface area contributed by atoms with Crippen LogP contribution in [0.5, 0.6) is 0 Å². The van der Waals surface area contributed by atoms with Crippen molar-refractivity contribution in [1.29, 1.82) is 0 Å². The molecule has 0 bridgehead atoms. The van der Waals surface area contributed by atoms with Gasteiger partial charge < -0.3 is 20.7 Å². The molecule has 2 amide bonds. The molecule has 0 radical (unpaired) electrons. The molecule has 0 saturated heterocycles. The molecule has 6 nitrogen and oxygen atoms in total. The molecule has 192 valence electrons. The van der Waals surface area contributed by atoms with Crippen LogP contribution in [0.4, 0.5) is 0 Å². The number of rotatable bonds is 7. The van der Waals surface area contributed by atoms with Crippen LogP contribution in [0, 0.1) is 13.8 Å². The lowest BCUT2D eigenvalue weighted by molar-refractivity contribution is -0.122. The summed E-state index contributed by atoms with van der Waals surface area (Å²) in [5.74, 6) is -0.710. The molecular formula is C29H32BClN2O4. The first-order chi connectivity index (χ1) is 17.8. The van der Waals surface area contributed by atoms with E-state index >= 15 is 0 Å². The molecule has 4 rings (SSSR count). The van der Waals surface area contributed by atoms with Gasteiger partial charge in [0.1, 0.15) is 0 Å². The molecular weight excluding hydrogens is 487 g/mol. The van der Waals surface area contributed by atoms with Crippen LogP contribution in [0.15, 0.2) is 78.9 Å². The molecule has 0 aromatic heterocycles. The van der Waals surface area contributed by atoms with Crippen molar-refractivity contribution in [3.8, 4) is 0 Å². The van der Waals surface area contributed by atoms with Gasteiger partial charge in [0, 0.05) is 10.6 Å². The summed E-state index contributed by atoms with van der Waals surface area (Å²) in [7, 11) is -1.64. The van der Waals surface area contributed by atoms with Gasteiger partial charge in [-0.2, -0.15) is 0 Å². The number of nitrogens with one attached hydrogen (secondary N) is 2. The van der Waals surface area contributed by atoms with Crippen molar-refractivity contribution < 1.29 is 19.6 Å². The molecule has 1 unspecified atom stereocenters. The first-order valence-corrected chi connectivity index (χ1v) is 12.6. The summed E-state index contributed by atoms with van der Waals surface area (Å²) in [6.45, 7) is 4.24. The highest BCUT2D eigenvalue weighted by molar-refractivity contribution is 6.41. The molecule has 0 heterocycles. The number of hydrogen-bond acceptors (Lipinski definition) is 4. The number of aryl methyl sites for hydroxylation is 3. The molecule has 1 aliphatic carbocycles. The van der Waals surface area contributed by atoms with Gasteiger partial charge in [-0.25, -0.2) is 0 Å². The number of carbonyl (C=O) groups is 2. The minimum atomic E-state index is -1.64. The van der Waals surface area contributed by atoms with Crippen molar-refractivity contribution in [3.05, 3.63) is 112 Å². The van der Waals surface area contributed by atoms with Gasteiger partial charge in [0.25, 0.3) is 5.91 Å². The molecule has 3 aromatic carbocycles. The Morgan fingerprint density at radius 2 is 1.57 bits per heavy atom. The third-order valence-electron chi connectivity index (χ3n) is 6.20. The molecule has 3 aromatic rings. The van der Waals surface area contributed by atoms with E-state index in [1.807, 2.05) is 30.3 Å². The van der Waals surface area contributed by atoms with Crippen LogP contribution >= 0.6 is 11.6 Å². The summed E-state index contributed by atoms with van der Waals surface area (Å²) in [4.78, 5) is 25.3. The lowest BCUT2D eigenvalue weighted by Gasteiger charge is -2.23.